The van der Waals surface area contributed by atoms with E-state index in [0.717, 1.165) is 6.42 Å². The molecule has 3 amide bonds. The minimum absolute atomic E-state index is 0.00169. The number of rotatable bonds is 4. The number of nitrogens with zero attached hydrogens (tertiary/aromatic N) is 2. The van der Waals surface area contributed by atoms with Crippen molar-refractivity contribution in [2.45, 2.75) is 29.4 Å². The van der Waals surface area contributed by atoms with Gasteiger partial charge in [0, 0.05) is 28.3 Å². The van der Waals surface area contributed by atoms with Crippen LogP contribution in [0.5, 0.6) is 5.75 Å². The lowest BCUT2D eigenvalue weighted by atomic mass is 9.81. The average molecular weight is 634 g/mol. The van der Waals surface area contributed by atoms with Gasteiger partial charge < -0.3 is 9.64 Å². The number of aryl methyl sites for hydroxylation is 1. The van der Waals surface area contributed by atoms with Gasteiger partial charge in [-0.15, -0.1) is 0 Å². The zero-order valence-electron chi connectivity index (χ0n) is 19.8. The fourth-order valence-corrected chi connectivity index (χ4v) is 8.34. The van der Waals surface area contributed by atoms with Crippen molar-refractivity contribution in [2.75, 3.05) is 16.3 Å². The fraction of sp³-hybridized carbons (Fsp3) is 0.407. The number of benzene rings is 2. The largest absolute Gasteiger partial charge is 0.426 e. The second-order valence-electron chi connectivity index (χ2n) is 10.3. The molecule has 2 aliphatic heterocycles. The van der Waals surface area contributed by atoms with Gasteiger partial charge in [0.05, 0.1) is 23.4 Å². The summed E-state index contributed by atoms with van der Waals surface area (Å²) in [7, 11) is 0. The van der Waals surface area contributed by atoms with Crippen molar-refractivity contribution in [2.24, 2.45) is 29.6 Å². The summed E-state index contributed by atoms with van der Waals surface area (Å²) in [5.41, 5.74) is 1.66. The van der Waals surface area contributed by atoms with Gasteiger partial charge in [0.15, 0.2) is 0 Å². The van der Waals surface area contributed by atoms with Crippen molar-refractivity contribution in [1.82, 2.24) is 0 Å². The van der Waals surface area contributed by atoms with E-state index in [2.05, 4.69) is 31.9 Å². The molecule has 6 rings (SSSR count). The Morgan fingerprint density at radius 1 is 0.973 bits per heavy atom. The highest BCUT2D eigenvalue weighted by Gasteiger charge is 2.66. The number of anilines is 2. The molecular weight excluding hydrogens is 611 g/mol. The summed E-state index contributed by atoms with van der Waals surface area (Å²) >= 11 is 7.40. The van der Waals surface area contributed by atoms with E-state index in [9.17, 15) is 23.6 Å². The van der Waals surface area contributed by atoms with E-state index in [0.29, 0.717) is 16.9 Å². The summed E-state index contributed by atoms with van der Waals surface area (Å²) in [6, 6.07) is 10.4. The molecule has 0 radical (unpaired) electrons. The SMILES string of the molecule is Cc1cc(OC(=O)[C@@H]2CC(=O)N(c3ccc(F)cc3)C2)ccc1N1C(=O)[C@@H]2[C@H]3C[C@@H]([C@H](Br)[C@H]3Br)[C@@H]2C1=O. The van der Waals surface area contributed by atoms with Crippen molar-refractivity contribution >= 4 is 66.9 Å². The summed E-state index contributed by atoms with van der Waals surface area (Å²) in [6.07, 6.45) is 0.862. The third-order valence-corrected chi connectivity index (χ3v) is 11.4. The summed E-state index contributed by atoms with van der Waals surface area (Å²) in [4.78, 5) is 55.1. The molecule has 0 aromatic heterocycles. The molecule has 2 bridgehead atoms. The molecule has 37 heavy (non-hydrogen) atoms. The molecule has 4 fully saturated rings. The highest BCUT2D eigenvalue weighted by Crippen LogP contribution is 2.60. The number of alkyl halides is 2. The van der Waals surface area contributed by atoms with Crippen LogP contribution >= 0.6 is 31.9 Å². The lowest BCUT2D eigenvalue weighted by Crippen LogP contribution is -2.37. The van der Waals surface area contributed by atoms with E-state index in [4.69, 9.17) is 4.74 Å². The molecule has 7 nitrogen and oxygen atoms in total. The Labute approximate surface area is 229 Å². The van der Waals surface area contributed by atoms with Crippen LogP contribution in [-0.4, -0.2) is 39.9 Å². The lowest BCUT2D eigenvalue weighted by molar-refractivity contribution is -0.139. The molecule has 0 spiro atoms. The zero-order chi connectivity index (χ0) is 26.2. The topological polar surface area (TPSA) is 84.0 Å². The number of carbonyl (C=O) groups is 4. The van der Waals surface area contributed by atoms with Crippen LogP contribution in [0.3, 0.4) is 0 Å². The van der Waals surface area contributed by atoms with Crippen LogP contribution in [0.25, 0.3) is 0 Å². The number of halogens is 3. The van der Waals surface area contributed by atoms with Crippen molar-refractivity contribution in [3.8, 4) is 5.75 Å². The monoisotopic (exact) mass is 632 g/mol. The number of fused-ring (bicyclic) bond motifs is 5. The van der Waals surface area contributed by atoms with E-state index < -0.39 is 17.7 Å². The van der Waals surface area contributed by atoms with Gasteiger partial charge in [-0.1, -0.05) is 31.9 Å². The molecule has 2 aromatic carbocycles. The van der Waals surface area contributed by atoms with Crippen molar-refractivity contribution in [1.29, 1.82) is 0 Å². The molecule has 192 valence electrons. The summed E-state index contributed by atoms with van der Waals surface area (Å²) in [6.45, 7) is 1.91. The van der Waals surface area contributed by atoms with Gasteiger partial charge in [0.25, 0.3) is 0 Å². The Bertz CT molecular complexity index is 1300. The van der Waals surface area contributed by atoms with E-state index in [1.165, 1.54) is 34.1 Å². The third-order valence-electron chi connectivity index (χ3n) is 8.21. The predicted molar refractivity (Wildman–Crippen MR) is 140 cm³/mol. The molecule has 10 heteroatoms. The first-order valence-corrected chi connectivity index (χ1v) is 14.0. The first-order chi connectivity index (χ1) is 17.7. The van der Waals surface area contributed by atoms with Gasteiger partial charge in [-0.05, 0) is 73.2 Å². The van der Waals surface area contributed by atoms with Crippen LogP contribution in [-0.2, 0) is 19.2 Å². The normalized spacial score (nSPS) is 32.4. The van der Waals surface area contributed by atoms with Crippen LogP contribution in [0.15, 0.2) is 42.5 Å². The number of hydrogen-bond acceptors (Lipinski definition) is 5. The fourth-order valence-electron chi connectivity index (χ4n) is 6.46. The molecule has 2 saturated heterocycles. The lowest BCUT2D eigenvalue weighted by Gasteiger charge is -2.28. The van der Waals surface area contributed by atoms with Crippen LogP contribution in [0.1, 0.15) is 18.4 Å². The van der Waals surface area contributed by atoms with Crippen LogP contribution in [0, 0.1) is 42.3 Å². The predicted octanol–water partition coefficient (Wildman–Crippen LogP) is 4.37. The zero-order valence-corrected chi connectivity index (χ0v) is 22.9. The third kappa shape index (κ3) is 3.86. The Kier molecular flexibility index (Phi) is 6.02. The molecule has 2 aliphatic carbocycles. The minimum Gasteiger partial charge on any atom is -0.426 e. The molecule has 2 saturated carbocycles. The van der Waals surface area contributed by atoms with E-state index >= 15 is 0 Å². The number of ether oxygens (including phenoxy) is 1. The van der Waals surface area contributed by atoms with E-state index in [-0.39, 0.29) is 69.8 Å². The maximum absolute atomic E-state index is 13.4. The van der Waals surface area contributed by atoms with E-state index in [1.807, 2.05) is 0 Å². The molecule has 2 heterocycles. The maximum atomic E-state index is 13.4. The van der Waals surface area contributed by atoms with Gasteiger partial charge in [-0.25, -0.2) is 9.29 Å². The molecule has 2 aromatic rings. The Hall–Kier alpha value is -2.59. The summed E-state index contributed by atoms with van der Waals surface area (Å²) < 4.78 is 18.8. The Morgan fingerprint density at radius 2 is 1.59 bits per heavy atom. The molecular formula is C27H23Br2FN2O5. The second kappa shape index (κ2) is 9.01. The van der Waals surface area contributed by atoms with Crippen molar-refractivity contribution < 1.29 is 28.3 Å². The molecule has 7 atom stereocenters. The number of amides is 3. The minimum atomic E-state index is -0.663. The van der Waals surface area contributed by atoms with Crippen molar-refractivity contribution in [3.63, 3.8) is 0 Å². The van der Waals surface area contributed by atoms with Gasteiger partial charge in [-0.2, -0.15) is 0 Å². The molecule has 0 N–H and O–H groups in total. The van der Waals surface area contributed by atoms with Gasteiger partial charge in [-0.3, -0.25) is 19.2 Å². The number of carbonyl (C=O) groups excluding carboxylic acids is 4. The summed E-state index contributed by atoms with van der Waals surface area (Å²) in [5, 5.41) is 0. The highest BCUT2D eigenvalue weighted by molar-refractivity contribution is 9.12. The van der Waals surface area contributed by atoms with Crippen LogP contribution in [0.2, 0.25) is 0 Å². The van der Waals surface area contributed by atoms with Crippen LogP contribution < -0.4 is 14.5 Å². The highest BCUT2D eigenvalue weighted by atomic mass is 79.9. The Morgan fingerprint density at radius 3 is 2.19 bits per heavy atom. The van der Waals surface area contributed by atoms with Crippen molar-refractivity contribution in [3.05, 3.63) is 53.8 Å². The van der Waals surface area contributed by atoms with Gasteiger partial charge >= 0.3 is 5.97 Å². The molecule has 4 aliphatic rings. The number of imide groups is 1. The average Bonchev–Trinajstić information content (AvgIpc) is 3.58. The molecule has 0 unspecified atom stereocenters. The Balaban J connectivity index is 1.16. The number of hydrogen-bond donors (Lipinski definition) is 0. The smallest absolute Gasteiger partial charge is 0.316 e. The quantitative estimate of drug-likeness (QED) is 0.216. The second-order valence-corrected chi connectivity index (χ2v) is 12.4. The first-order valence-electron chi connectivity index (χ1n) is 12.2. The maximum Gasteiger partial charge on any atom is 0.316 e. The standard InChI is InChI=1S/C27H23Br2FN2O5/c1-12-8-16(37-27(36)13-9-20(33)31(11-13)15-4-2-14(30)3-5-15)6-7-19(12)32-25(34)21-17-10-18(22(21)26(32)35)24(29)23(17)28/h2-8,13,17-18,21-24H,9-11H2,1H3/t13-,17-,18-,21-,22+,23+,24+/m1/s1. The number of esters is 1. The van der Waals surface area contributed by atoms with Gasteiger partial charge in [0.1, 0.15) is 11.6 Å². The first kappa shape index (κ1) is 24.7. The van der Waals surface area contributed by atoms with E-state index in [1.54, 1.807) is 25.1 Å². The van der Waals surface area contributed by atoms with Gasteiger partial charge in [0.2, 0.25) is 17.7 Å². The summed E-state index contributed by atoms with van der Waals surface area (Å²) in [5.74, 6) is -2.25. The van der Waals surface area contributed by atoms with Crippen LogP contribution in [0.4, 0.5) is 15.8 Å².